The first-order chi connectivity index (χ1) is 12.9. The molecule has 0 unspecified atom stereocenters. The molecule has 0 saturated heterocycles. The van der Waals surface area contributed by atoms with Gasteiger partial charge in [0, 0.05) is 25.8 Å². The molecule has 2 rings (SSSR count). The molecule has 2 aliphatic rings. The second-order valence-electron chi connectivity index (χ2n) is 7.41. The number of hydrogen-bond donors (Lipinski definition) is 3. The van der Waals surface area contributed by atoms with Crippen molar-refractivity contribution in [3.05, 3.63) is 0 Å². The van der Waals surface area contributed by atoms with Crippen LogP contribution in [0.1, 0.15) is 52.4 Å². The minimum Gasteiger partial charge on any atom is -0.464 e. The Morgan fingerprint density at radius 1 is 1.04 bits per heavy atom. The topological polar surface area (TPSA) is 143 Å². The third-order valence-electron chi connectivity index (χ3n) is 4.57. The number of rotatable bonds is 15. The first-order valence-electron chi connectivity index (χ1n) is 9.61. The van der Waals surface area contributed by atoms with Crippen molar-refractivity contribution in [2.24, 2.45) is 26.2 Å². The van der Waals surface area contributed by atoms with E-state index in [9.17, 15) is 9.59 Å². The van der Waals surface area contributed by atoms with Gasteiger partial charge in [-0.05, 0) is 46.2 Å². The molecule has 0 spiro atoms. The standard InChI is InChI=1S/C17H31N7O3/c1-16(21-22-16)7-11-19-10-6-14(25)20-13(5-3-4-9-18)15(26)27-12-8-17(2)23-24-17/h13,19H,3-12,18H2,1-2H3,(H,20,25)/t13-/m0/s1. The quantitative estimate of drug-likeness (QED) is 0.289. The van der Waals surface area contributed by atoms with E-state index in [1.165, 1.54) is 0 Å². The van der Waals surface area contributed by atoms with Crippen LogP contribution in [-0.4, -0.2) is 55.5 Å². The van der Waals surface area contributed by atoms with Gasteiger partial charge in [-0.2, -0.15) is 20.5 Å². The van der Waals surface area contributed by atoms with Gasteiger partial charge in [0.15, 0.2) is 11.3 Å². The molecule has 0 fully saturated rings. The first-order valence-corrected chi connectivity index (χ1v) is 9.61. The largest absolute Gasteiger partial charge is 0.464 e. The molecule has 0 aromatic rings. The smallest absolute Gasteiger partial charge is 0.328 e. The number of unbranched alkanes of at least 4 members (excludes halogenated alkanes) is 1. The molecular formula is C17H31N7O3. The number of nitrogens with two attached hydrogens (primary N) is 1. The highest BCUT2D eigenvalue weighted by molar-refractivity contribution is 5.84. The van der Waals surface area contributed by atoms with Crippen LogP contribution in [0.15, 0.2) is 20.5 Å². The van der Waals surface area contributed by atoms with E-state index in [1.54, 1.807) is 0 Å². The van der Waals surface area contributed by atoms with E-state index in [4.69, 9.17) is 10.5 Å². The fourth-order valence-corrected chi connectivity index (χ4v) is 2.48. The predicted molar refractivity (Wildman–Crippen MR) is 99.0 cm³/mol. The summed E-state index contributed by atoms with van der Waals surface area (Å²) in [6.07, 6.45) is 3.74. The number of carbonyl (C=O) groups is 2. The van der Waals surface area contributed by atoms with Gasteiger partial charge >= 0.3 is 5.97 Å². The molecule has 0 aliphatic carbocycles. The number of nitrogens with zero attached hydrogens (tertiary/aromatic N) is 4. The lowest BCUT2D eigenvalue weighted by Gasteiger charge is -2.18. The summed E-state index contributed by atoms with van der Waals surface area (Å²) < 4.78 is 5.30. The van der Waals surface area contributed by atoms with Crippen LogP contribution in [0.3, 0.4) is 0 Å². The number of esters is 1. The molecule has 10 heteroatoms. The Kier molecular flexibility index (Phi) is 7.78. The molecule has 1 atom stereocenters. The Bertz CT molecular complexity index is 567. The van der Waals surface area contributed by atoms with Gasteiger partial charge in [-0.15, -0.1) is 0 Å². The van der Waals surface area contributed by atoms with Crippen molar-refractivity contribution in [2.75, 3.05) is 26.2 Å². The van der Waals surface area contributed by atoms with Crippen LogP contribution in [0.4, 0.5) is 0 Å². The molecule has 2 heterocycles. The van der Waals surface area contributed by atoms with Crippen molar-refractivity contribution in [3.63, 3.8) is 0 Å². The van der Waals surface area contributed by atoms with E-state index in [1.807, 2.05) is 13.8 Å². The summed E-state index contributed by atoms with van der Waals surface area (Å²) in [5.74, 6) is -0.592. The van der Waals surface area contributed by atoms with Crippen molar-refractivity contribution >= 4 is 11.9 Å². The summed E-state index contributed by atoms with van der Waals surface area (Å²) in [6, 6.07) is -0.645. The number of hydrogen-bond acceptors (Lipinski definition) is 9. The van der Waals surface area contributed by atoms with E-state index >= 15 is 0 Å². The summed E-state index contributed by atoms with van der Waals surface area (Å²) in [5, 5.41) is 21.6. The minimum absolute atomic E-state index is 0.177. The van der Waals surface area contributed by atoms with Gasteiger partial charge in [0.05, 0.1) is 6.61 Å². The second kappa shape index (κ2) is 9.84. The lowest BCUT2D eigenvalue weighted by atomic mass is 10.1. The predicted octanol–water partition coefficient (Wildman–Crippen LogP) is 1.27. The molecule has 2 aliphatic heterocycles. The van der Waals surface area contributed by atoms with Crippen molar-refractivity contribution < 1.29 is 14.3 Å². The maximum atomic E-state index is 12.3. The molecule has 0 saturated carbocycles. The molecule has 27 heavy (non-hydrogen) atoms. The van der Waals surface area contributed by atoms with Gasteiger partial charge in [0.1, 0.15) is 6.04 Å². The maximum Gasteiger partial charge on any atom is 0.328 e. The van der Waals surface area contributed by atoms with Crippen LogP contribution in [0.25, 0.3) is 0 Å². The Morgan fingerprint density at radius 3 is 2.33 bits per heavy atom. The zero-order valence-electron chi connectivity index (χ0n) is 16.2. The van der Waals surface area contributed by atoms with Crippen LogP contribution < -0.4 is 16.4 Å². The van der Waals surface area contributed by atoms with E-state index < -0.39 is 17.7 Å². The zero-order valence-corrected chi connectivity index (χ0v) is 16.2. The van der Waals surface area contributed by atoms with Crippen LogP contribution in [0.2, 0.25) is 0 Å². The Hall–Kier alpha value is -1.94. The van der Waals surface area contributed by atoms with Gasteiger partial charge in [-0.1, -0.05) is 0 Å². The zero-order chi connectivity index (χ0) is 19.8. The highest BCUT2D eigenvalue weighted by Gasteiger charge is 2.34. The lowest BCUT2D eigenvalue weighted by molar-refractivity contribution is -0.148. The average Bonchev–Trinajstić information content (AvgIpc) is 3.53. The molecule has 0 bridgehead atoms. The monoisotopic (exact) mass is 381 g/mol. The van der Waals surface area contributed by atoms with Crippen molar-refractivity contribution in [2.45, 2.75) is 69.7 Å². The first kappa shape index (κ1) is 21.4. The highest BCUT2D eigenvalue weighted by Crippen LogP contribution is 2.30. The van der Waals surface area contributed by atoms with Crippen LogP contribution in [0, 0.1) is 0 Å². The van der Waals surface area contributed by atoms with Gasteiger partial charge in [-0.3, -0.25) is 4.79 Å². The molecule has 0 aromatic carbocycles. The lowest BCUT2D eigenvalue weighted by Crippen LogP contribution is -2.43. The Morgan fingerprint density at radius 2 is 1.70 bits per heavy atom. The van der Waals surface area contributed by atoms with Crippen molar-refractivity contribution in [1.82, 2.24) is 10.6 Å². The number of nitrogens with one attached hydrogen (secondary N) is 2. The van der Waals surface area contributed by atoms with Gasteiger partial charge in [0.25, 0.3) is 0 Å². The minimum atomic E-state index is -0.645. The van der Waals surface area contributed by atoms with E-state index in [2.05, 4.69) is 31.1 Å². The summed E-state index contributed by atoms with van der Waals surface area (Å²) >= 11 is 0. The Balaban J connectivity index is 1.64. The van der Waals surface area contributed by atoms with Crippen LogP contribution in [0.5, 0.6) is 0 Å². The maximum absolute atomic E-state index is 12.3. The highest BCUT2D eigenvalue weighted by atomic mass is 16.5. The van der Waals surface area contributed by atoms with Crippen LogP contribution in [-0.2, 0) is 14.3 Å². The third-order valence-corrected chi connectivity index (χ3v) is 4.57. The third kappa shape index (κ3) is 8.53. The normalized spacial score (nSPS) is 18.8. The summed E-state index contributed by atoms with van der Waals surface area (Å²) in [6.45, 7) is 5.91. The van der Waals surface area contributed by atoms with Crippen molar-refractivity contribution in [3.8, 4) is 0 Å². The summed E-state index contributed by atoms with van der Waals surface area (Å²) in [7, 11) is 0. The fraction of sp³-hybridized carbons (Fsp3) is 0.882. The van der Waals surface area contributed by atoms with Crippen LogP contribution >= 0.6 is 0 Å². The number of carbonyl (C=O) groups excluding carboxylic acids is 2. The molecule has 0 radical (unpaired) electrons. The van der Waals surface area contributed by atoms with Gasteiger partial charge in [0.2, 0.25) is 5.91 Å². The van der Waals surface area contributed by atoms with Gasteiger partial charge in [-0.25, -0.2) is 4.79 Å². The summed E-state index contributed by atoms with van der Waals surface area (Å²) in [4.78, 5) is 24.5. The molecule has 152 valence electrons. The van der Waals surface area contributed by atoms with Crippen molar-refractivity contribution in [1.29, 1.82) is 0 Å². The number of ether oxygens (including phenoxy) is 1. The SMILES string of the molecule is CC1(CCNCCC(=O)N[C@@H](CCCCN)C(=O)OCCC2(C)N=N2)N=N1. The molecule has 4 N–H and O–H groups in total. The molecule has 0 aromatic heterocycles. The molecule has 10 nitrogen and oxygen atoms in total. The van der Waals surface area contributed by atoms with E-state index in [0.717, 1.165) is 25.8 Å². The second-order valence-corrected chi connectivity index (χ2v) is 7.41. The summed E-state index contributed by atoms with van der Waals surface area (Å²) in [5.41, 5.74) is 4.88. The van der Waals surface area contributed by atoms with E-state index in [-0.39, 0.29) is 18.2 Å². The fourth-order valence-electron chi connectivity index (χ4n) is 2.48. The van der Waals surface area contributed by atoms with E-state index in [0.29, 0.717) is 32.4 Å². The Labute approximate surface area is 159 Å². The number of amides is 1. The molecule has 1 amide bonds. The molecular weight excluding hydrogens is 350 g/mol. The van der Waals surface area contributed by atoms with Gasteiger partial charge < -0.3 is 21.1 Å². The average molecular weight is 381 g/mol.